The van der Waals surface area contributed by atoms with Gasteiger partial charge in [0.05, 0.1) is 14.2 Å². The van der Waals surface area contributed by atoms with Gasteiger partial charge in [0.25, 0.3) is 5.91 Å². The van der Waals surface area contributed by atoms with E-state index in [1.54, 1.807) is 42.5 Å². The van der Waals surface area contributed by atoms with Gasteiger partial charge in [0.2, 0.25) is 5.91 Å². The van der Waals surface area contributed by atoms with Crippen LogP contribution in [0.2, 0.25) is 0 Å². The number of nitrogens with one attached hydrogen (secondary N) is 1. The smallest absolute Gasteiger partial charge is 0.251 e. The number of benzene rings is 2. The molecule has 0 saturated heterocycles. The summed E-state index contributed by atoms with van der Waals surface area (Å²) in [5.41, 5.74) is 6.95. The Morgan fingerprint density at radius 2 is 1.57 bits per heavy atom. The maximum absolute atomic E-state index is 12.2. The highest BCUT2D eigenvalue weighted by atomic mass is 16.5. The van der Waals surface area contributed by atoms with E-state index in [0.29, 0.717) is 29.2 Å². The van der Waals surface area contributed by atoms with Crippen molar-refractivity contribution in [2.45, 2.75) is 6.54 Å². The first-order chi connectivity index (χ1) is 11.0. The summed E-state index contributed by atoms with van der Waals surface area (Å²) in [5, 5.41) is 2.80. The number of hydrogen-bond donors (Lipinski definition) is 2. The standard InChI is InChI=1S/C17H18N2O4/c1-22-14-8-7-13(9-15(14)23-2)17(21)19-10-11-3-5-12(6-4-11)16(18)20/h3-9H,10H2,1-2H3,(H2,18,20)(H,19,21). The zero-order chi connectivity index (χ0) is 16.8. The van der Waals surface area contributed by atoms with Crippen LogP contribution in [0, 0.1) is 0 Å². The average molecular weight is 314 g/mol. The molecule has 6 nitrogen and oxygen atoms in total. The lowest BCUT2D eigenvalue weighted by atomic mass is 10.1. The SMILES string of the molecule is COc1ccc(C(=O)NCc2ccc(C(N)=O)cc2)cc1OC. The summed E-state index contributed by atoms with van der Waals surface area (Å²) in [5.74, 6) is 0.341. The molecule has 2 aromatic carbocycles. The summed E-state index contributed by atoms with van der Waals surface area (Å²) in [6.45, 7) is 0.340. The molecule has 0 aliphatic carbocycles. The van der Waals surface area contributed by atoms with Gasteiger partial charge in [-0.1, -0.05) is 12.1 Å². The molecular formula is C17H18N2O4. The first-order valence-corrected chi connectivity index (χ1v) is 6.94. The van der Waals surface area contributed by atoms with Crippen LogP contribution in [0.4, 0.5) is 0 Å². The summed E-state index contributed by atoms with van der Waals surface area (Å²) in [4.78, 5) is 23.2. The first kappa shape index (κ1) is 16.4. The zero-order valence-electron chi connectivity index (χ0n) is 13.0. The maximum Gasteiger partial charge on any atom is 0.251 e. The zero-order valence-corrected chi connectivity index (χ0v) is 13.0. The van der Waals surface area contributed by atoms with Crippen molar-refractivity contribution in [2.75, 3.05) is 14.2 Å². The number of carbonyl (C=O) groups excluding carboxylic acids is 2. The van der Waals surface area contributed by atoms with E-state index < -0.39 is 5.91 Å². The third kappa shape index (κ3) is 4.00. The van der Waals surface area contributed by atoms with Crippen molar-refractivity contribution in [2.24, 2.45) is 5.73 Å². The highest BCUT2D eigenvalue weighted by molar-refractivity contribution is 5.95. The molecule has 0 aliphatic heterocycles. The van der Waals surface area contributed by atoms with Crippen LogP contribution < -0.4 is 20.5 Å². The second kappa shape index (κ2) is 7.31. The molecule has 23 heavy (non-hydrogen) atoms. The third-order valence-corrected chi connectivity index (χ3v) is 3.34. The Morgan fingerprint density at radius 3 is 2.13 bits per heavy atom. The summed E-state index contributed by atoms with van der Waals surface area (Å²) in [6, 6.07) is 11.7. The van der Waals surface area contributed by atoms with Crippen LogP contribution in [0.1, 0.15) is 26.3 Å². The molecule has 120 valence electrons. The van der Waals surface area contributed by atoms with Gasteiger partial charge in [0.15, 0.2) is 11.5 Å². The molecule has 3 N–H and O–H groups in total. The molecule has 2 rings (SSSR count). The molecule has 0 bridgehead atoms. The summed E-state index contributed by atoms with van der Waals surface area (Å²) >= 11 is 0. The second-order valence-electron chi connectivity index (χ2n) is 4.81. The van der Waals surface area contributed by atoms with Crippen LogP contribution in [-0.4, -0.2) is 26.0 Å². The number of carbonyl (C=O) groups is 2. The monoisotopic (exact) mass is 314 g/mol. The molecule has 0 atom stereocenters. The maximum atomic E-state index is 12.2. The van der Waals surface area contributed by atoms with Crippen LogP contribution in [-0.2, 0) is 6.54 Å². The second-order valence-corrected chi connectivity index (χ2v) is 4.81. The fraction of sp³-hybridized carbons (Fsp3) is 0.176. The van der Waals surface area contributed by atoms with E-state index in [2.05, 4.69) is 5.32 Å². The number of amides is 2. The van der Waals surface area contributed by atoms with Gasteiger partial charge in [0, 0.05) is 17.7 Å². The van der Waals surface area contributed by atoms with Crippen molar-refractivity contribution in [1.82, 2.24) is 5.32 Å². The molecular weight excluding hydrogens is 296 g/mol. The fourth-order valence-corrected chi connectivity index (χ4v) is 2.05. The van der Waals surface area contributed by atoms with Gasteiger partial charge in [-0.25, -0.2) is 0 Å². The topological polar surface area (TPSA) is 90.6 Å². The molecule has 6 heteroatoms. The van der Waals surface area contributed by atoms with E-state index in [4.69, 9.17) is 15.2 Å². The van der Waals surface area contributed by atoms with Gasteiger partial charge in [-0.2, -0.15) is 0 Å². The first-order valence-electron chi connectivity index (χ1n) is 6.94. The average Bonchev–Trinajstić information content (AvgIpc) is 2.59. The van der Waals surface area contributed by atoms with Crippen LogP contribution in [0.3, 0.4) is 0 Å². The normalized spacial score (nSPS) is 10.0. The Bertz CT molecular complexity index is 711. The van der Waals surface area contributed by atoms with Crippen LogP contribution in [0.5, 0.6) is 11.5 Å². The van der Waals surface area contributed by atoms with Gasteiger partial charge >= 0.3 is 0 Å². The van der Waals surface area contributed by atoms with Crippen LogP contribution in [0.25, 0.3) is 0 Å². The van der Waals surface area contributed by atoms with E-state index in [9.17, 15) is 9.59 Å². The number of ether oxygens (including phenoxy) is 2. The number of methoxy groups -OCH3 is 2. The minimum atomic E-state index is -0.481. The lowest BCUT2D eigenvalue weighted by Gasteiger charge is -2.10. The number of hydrogen-bond acceptors (Lipinski definition) is 4. The molecule has 2 amide bonds. The molecule has 0 spiro atoms. The Labute approximate surface area is 134 Å². The Morgan fingerprint density at radius 1 is 0.957 bits per heavy atom. The van der Waals surface area contributed by atoms with E-state index in [-0.39, 0.29) is 5.91 Å². The molecule has 0 aromatic heterocycles. The third-order valence-electron chi connectivity index (χ3n) is 3.34. The number of nitrogens with two attached hydrogens (primary N) is 1. The van der Waals surface area contributed by atoms with Gasteiger partial charge in [-0.15, -0.1) is 0 Å². The van der Waals surface area contributed by atoms with Crippen molar-refractivity contribution in [1.29, 1.82) is 0 Å². The molecule has 0 fully saturated rings. The van der Waals surface area contributed by atoms with Gasteiger partial charge in [0.1, 0.15) is 0 Å². The highest BCUT2D eigenvalue weighted by Crippen LogP contribution is 2.27. The molecule has 0 radical (unpaired) electrons. The van der Waals surface area contributed by atoms with Crippen molar-refractivity contribution in [3.05, 3.63) is 59.2 Å². The number of primary amides is 1. The quantitative estimate of drug-likeness (QED) is 0.849. The summed E-state index contributed by atoms with van der Waals surface area (Å²) in [6.07, 6.45) is 0. The summed E-state index contributed by atoms with van der Waals surface area (Å²) < 4.78 is 10.3. The predicted molar refractivity (Wildman–Crippen MR) is 85.7 cm³/mol. The van der Waals surface area contributed by atoms with Crippen LogP contribution in [0.15, 0.2) is 42.5 Å². The minimum Gasteiger partial charge on any atom is -0.493 e. The van der Waals surface area contributed by atoms with Gasteiger partial charge in [-0.3, -0.25) is 9.59 Å². The Hall–Kier alpha value is -3.02. The van der Waals surface area contributed by atoms with E-state index in [0.717, 1.165) is 5.56 Å². The van der Waals surface area contributed by atoms with Crippen molar-refractivity contribution in [3.63, 3.8) is 0 Å². The lowest BCUT2D eigenvalue weighted by Crippen LogP contribution is -2.22. The van der Waals surface area contributed by atoms with Crippen molar-refractivity contribution < 1.29 is 19.1 Å². The predicted octanol–water partition coefficient (Wildman–Crippen LogP) is 1.73. The number of rotatable bonds is 6. The van der Waals surface area contributed by atoms with Crippen molar-refractivity contribution in [3.8, 4) is 11.5 Å². The fourth-order valence-electron chi connectivity index (χ4n) is 2.05. The minimum absolute atomic E-state index is 0.232. The molecule has 0 aliphatic rings. The molecule has 0 unspecified atom stereocenters. The van der Waals surface area contributed by atoms with E-state index in [1.165, 1.54) is 14.2 Å². The summed E-state index contributed by atoms with van der Waals surface area (Å²) in [7, 11) is 3.05. The van der Waals surface area contributed by atoms with E-state index in [1.807, 2.05) is 0 Å². The Kier molecular flexibility index (Phi) is 5.19. The molecule has 0 saturated carbocycles. The van der Waals surface area contributed by atoms with Crippen LogP contribution >= 0.6 is 0 Å². The highest BCUT2D eigenvalue weighted by Gasteiger charge is 2.10. The Balaban J connectivity index is 2.03. The van der Waals surface area contributed by atoms with Crippen molar-refractivity contribution >= 4 is 11.8 Å². The largest absolute Gasteiger partial charge is 0.493 e. The molecule has 2 aromatic rings. The molecule has 0 heterocycles. The van der Waals surface area contributed by atoms with E-state index >= 15 is 0 Å². The lowest BCUT2D eigenvalue weighted by molar-refractivity contribution is 0.0949. The van der Waals surface area contributed by atoms with Gasteiger partial charge < -0.3 is 20.5 Å². The van der Waals surface area contributed by atoms with Gasteiger partial charge in [-0.05, 0) is 35.9 Å².